The Morgan fingerprint density at radius 2 is 2.14 bits per heavy atom. The molecule has 0 bridgehead atoms. The van der Waals surface area contributed by atoms with Crippen LogP contribution in [-0.2, 0) is 11.2 Å². The number of morpholine rings is 1. The van der Waals surface area contributed by atoms with Gasteiger partial charge in [0.25, 0.3) is 5.91 Å². The monoisotopic (exact) mass is 291 g/mol. The number of benzene rings is 1. The van der Waals surface area contributed by atoms with E-state index < -0.39 is 0 Å². The van der Waals surface area contributed by atoms with Gasteiger partial charge in [0, 0.05) is 31.9 Å². The van der Waals surface area contributed by atoms with E-state index in [1.807, 2.05) is 25.1 Å². The van der Waals surface area contributed by atoms with Crippen LogP contribution in [0.15, 0.2) is 18.2 Å². The van der Waals surface area contributed by atoms with Gasteiger partial charge >= 0.3 is 0 Å². The number of nitrogens with two attached hydrogens (primary N) is 1. The molecular formula is C16H25N3O2. The van der Waals surface area contributed by atoms with E-state index in [4.69, 9.17) is 10.5 Å². The normalized spacial score (nSPS) is 15.9. The summed E-state index contributed by atoms with van der Waals surface area (Å²) in [6.07, 6.45) is 1.84. The quantitative estimate of drug-likeness (QED) is 0.775. The number of nitrogen functional groups attached to an aromatic ring is 1. The summed E-state index contributed by atoms with van der Waals surface area (Å²) >= 11 is 0. The lowest BCUT2D eigenvalue weighted by molar-refractivity contribution is 0.0384. The summed E-state index contributed by atoms with van der Waals surface area (Å²) in [5, 5.41) is 2.88. The lowest BCUT2D eigenvalue weighted by atomic mass is 10.1. The molecule has 1 heterocycles. The second-order valence-electron chi connectivity index (χ2n) is 5.38. The predicted molar refractivity (Wildman–Crippen MR) is 84.4 cm³/mol. The minimum Gasteiger partial charge on any atom is -0.398 e. The second kappa shape index (κ2) is 8.00. The molecule has 0 saturated carbocycles. The molecule has 1 aromatic rings. The van der Waals surface area contributed by atoms with Crippen LogP contribution in [0.1, 0.15) is 29.3 Å². The third-order valence-corrected chi connectivity index (χ3v) is 3.72. The minimum absolute atomic E-state index is 0.0810. The van der Waals surface area contributed by atoms with Gasteiger partial charge in [0.2, 0.25) is 0 Å². The minimum atomic E-state index is -0.0810. The van der Waals surface area contributed by atoms with Crippen LogP contribution >= 0.6 is 0 Å². The van der Waals surface area contributed by atoms with Crippen molar-refractivity contribution in [2.24, 2.45) is 0 Å². The molecule has 0 spiro atoms. The Hall–Kier alpha value is -1.59. The van der Waals surface area contributed by atoms with E-state index in [2.05, 4.69) is 10.2 Å². The standard InChI is InChI=1S/C16H25N3O2/c1-2-6-18-16(20)14-12-13(3-4-15(14)17)5-7-19-8-10-21-11-9-19/h3-4,12H,2,5-11,17H2,1H3,(H,18,20). The largest absolute Gasteiger partial charge is 0.398 e. The highest BCUT2D eigenvalue weighted by atomic mass is 16.5. The molecular weight excluding hydrogens is 266 g/mol. The fourth-order valence-electron chi connectivity index (χ4n) is 2.40. The molecule has 0 unspecified atom stereocenters. The average molecular weight is 291 g/mol. The van der Waals surface area contributed by atoms with Crippen LogP contribution in [0.3, 0.4) is 0 Å². The van der Waals surface area contributed by atoms with Gasteiger partial charge < -0.3 is 15.8 Å². The van der Waals surface area contributed by atoms with Gasteiger partial charge in [-0.3, -0.25) is 9.69 Å². The summed E-state index contributed by atoms with van der Waals surface area (Å²) in [5.41, 5.74) is 8.19. The van der Waals surface area contributed by atoms with Crippen molar-refractivity contribution in [1.82, 2.24) is 10.2 Å². The highest BCUT2D eigenvalue weighted by Crippen LogP contribution is 2.15. The summed E-state index contributed by atoms with van der Waals surface area (Å²) in [7, 11) is 0. The van der Waals surface area contributed by atoms with E-state index in [1.54, 1.807) is 0 Å². The van der Waals surface area contributed by atoms with E-state index in [0.717, 1.165) is 51.3 Å². The predicted octanol–water partition coefficient (Wildman–Crippen LogP) is 1.28. The van der Waals surface area contributed by atoms with Crippen LogP contribution in [0.2, 0.25) is 0 Å². The fourth-order valence-corrected chi connectivity index (χ4v) is 2.40. The molecule has 1 aliphatic rings. The summed E-state index contributed by atoms with van der Waals surface area (Å²) in [4.78, 5) is 14.5. The number of ether oxygens (including phenoxy) is 1. The van der Waals surface area contributed by atoms with Crippen LogP contribution in [-0.4, -0.2) is 50.2 Å². The van der Waals surface area contributed by atoms with Gasteiger partial charge in [0.05, 0.1) is 18.8 Å². The van der Waals surface area contributed by atoms with Crippen molar-refractivity contribution in [3.8, 4) is 0 Å². The van der Waals surface area contributed by atoms with Crippen molar-refractivity contribution in [2.75, 3.05) is 45.1 Å². The maximum atomic E-state index is 12.1. The molecule has 2 rings (SSSR count). The third kappa shape index (κ3) is 4.72. The lowest BCUT2D eigenvalue weighted by Gasteiger charge is -2.26. The molecule has 0 radical (unpaired) electrons. The summed E-state index contributed by atoms with van der Waals surface area (Å²) in [6.45, 7) is 7.29. The Balaban J connectivity index is 1.95. The third-order valence-electron chi connectivity index (χ3n) is 3.72. The zero-order chi connectivity index (χ0) is 15.1. The number of hydrogen-bond acceptors (Lipinski definition) is 4. The maximum Gasteiger partial charge on any atom is 0.253 e. The SMILES string of the molecule is CCCNC(=O)c1cc(CCN2CCOCC2)ccc1N. The molecule has 1 aromatic carbocycles. The van der Waals surface area contributed by atoms with Crippen LogP contribution in [0.4, 0.5) is 5.69 Å². The first kappa shape index (κ1) is 15.8. The molecule has 0 aliphatic carbocycles. The highest BCUT2D eigenvalue weighted by Gasteiger charge is 2.12. The average Bonchev–Trinajstić information content (AvgIpc) is 2.52. The fraction of sp³-hybridized carbons (Fsp3) is 0.562. The Morgan fingerprint density at radius 3 is 2.86 bits per heavy atom. The van der Waals surface area contributed by atoms with Crippen molar-refractivity contribution >= 4 is 11.6 Å². The van der Waals surface area contributed by atoms with Gasteiger partial charge in [-0.2, -0.15) is 0 Å². The molecule has 1 fully saturated rings. The van der Waals surface area contributed by atoms with E-state index in [-0.39, 0.29) is 5.91 Å². The van der Waals surface area contributed by atoms with Gasteiger partial charge in [-0.25, -0.2) is 0 Å². The number of hydrogen-bond donors (Lipinski definition) is 2. The van der Waals surface area contributed by atoms with E-state index in [1.165, 1.54) is 0 Å². The number of anilines is 1. The number of nitrogens with zero attached hydrogens (tertiary/aromatic N) is 1. The Morgan fingerprint density at radius 1 is 1.38 bits per heavy atom. The number of amides is 1. The van der Waals surface area contributed by atoms with Gasteiger partial charge in [-0.05, 0) is 30.5 Å². The Kier molecular flexibility index (Phi) is 6.02. The van der Waals surface area contributed by atoms with Crippen molar-refractivity contribution in [1.29, 1.82) is 0 Å². The van der Waals surface area contributed by atoms with E-state index in [0.29, 0.717) is 17.8 Å². The second-order valence-corrected chi connectivity index (χ2v) is 5.38. The van der Waals surface area contributed by atoms with Crippen molar-refractivity contribution in [2.45, 2.75) is 19.8 Å². The van der Waals surface area contributed by atoms with Gasteiger partial charge in [0.1, 0.15) is 0 Å². The molecule has 1 amide bonds. The van der Waals surface area contributed by atoms with E-state index >= 15 is 0 Å². The first-order valence-electron chi connectivity index (χ1n) is 7.67. The topological polar surface area (TPSA) is 67.6 Å². The van der Waals surface area contributed by atoms with Crippen LogP contribution < -0.4 is 11.1 Å². The number of rotatable bonds is 6. The van der Waals surface area contributed by atoms with E-state index in [9.17, 15) is 4.79 Å². The summed E-state index contributed by atoms with van der Waals surface area (Å²) in [5.74, 6) is -0.0810. The summed E-state index contributed by atoms with van der Waals surface area (Å²) < 4.78 is 5.34. The zero-order valence-electron chi connectivity index (χ0n) is 12.7. The van der Waals surface area contributed by atoms with Crippen LogP contribution in [0, 0.1) is 0 Å². The van der Waals surface area contributed by atoms with Gasteiger partial charge in [0.15, 0.2) is 0 Å². The van der Waals surface area contributed by atoms with Crippen molar-refractivity contribution in [3.05, 3.63) is 29.3 Å². The highest BCUT2D eigenvalue weighted by molar-refractivity contribution is 5.99. The van der Waals surface area contributed by atoms with Gasteiger partial charge in [-0.15, -0.1) is 0 Å². The molecule has 1 aliphatic heterocycles. The van der Waals surface area contributed by atoms with Crippen molar-refractivity contribution < 1.29 is 9.53 Å². The lowest BCUT2D eigenvalue weighted by Crippen LogP contribution is -2.37. The van der Waals surface area contributed by atoms with Crippen molar-refractivity contribution in [3.63, 3.8) is 0 Å². The van der Waals surface area contributed by atoms with Crippen LogP contribution in [0.5, 0.6) is 0 Å². The molecule has 21 heavy (non-hydrogen) atoms. The molecule has 116 valence electrons. The molecule has 1 saturated heterocycles. The smallest absolute Gasteiger partial charge is 0.253 e. The summed E-state index contributed by atoms with van der Waals surface area (Å²) in [6, 6.07) is 5.75. The van der Waals surface area contributed by atoms with Crippen LogP contribution in [0.25, 0.3) is 0 Å². The number of carbonyl (C=O) groups is 1. The molecule has 5 nitrogen and oxygen atoms in total. The molecule has 0 atom stereocenters. The number of carbonyl (C=O) groups excluding carboxylic acids is 1. The first-order valence-corrected chi connectivity index (χ1v) is 7.67. The maximum absolute atomic E-state index is 12.1. The first-order chi connectivity index (χ1) is 10.2. The zero-order valence-corrected chi connectivity index (χ0v) is 12.7. The van der Waals surface area contributed by atoms with Gasteiger partial charge in [-0.1, -0.05) is 13.0 Å². The Bertz CT molecular complexity index is 471. The molecule has 5 heteroatoms. The molecule has 0 aromatic heterocycles. The number of nitrogens with one attached hydrogen (secondary N) is 1. The molecule has 3 N–H and O–H groups in total. The Labute approximate surface area is 126 Å².